The Morgan fingerprint density at radius 3 is 1.86 bits per heavy atom. The molecule has 42 valence electrons. The van der Waals surface area contributed by atoms with Gasteiger partial charge in [0.15, 0.2) is 0 Å². The first kappa shape index (κ1) is 6.47. The van der Waals surface area contributed by atoms with Gasteiger partial charge >= 0.3 is 6.29 Å². The quantitative estimate of drug-likeness (QED) is 0.184. The molecular formula is C5H10O2. The first-order valence-corrected chi connectivity index (χ1v) is 2.19. The predicted octanol–water partition coefficient (Wildman–Crippen LogP) is 0.0424. The van der Waals surface area contributed by atoms with Gasteiger partial charge in [-0.15, -0.1) is 0 Å². The van der Waals surface area contributed by atoms with Gasteiger partial charge in [-0.2, -0.15) is 4.58 Å². The van der Waals surface area contributed by atoms with Crippen molar-refractivity contribution >= 4 is 6.29 Å². The molecule has 0 saturated heterocycles. The van der Waals surface area contributed by atoms with E-state index in [1.807, 2.05) is 20.8 Å². The lowest BCUT2D eigenvalue weighted by atomic mass is 10.0. The van der Waals surface area contributed by atoms with Crippen LogP contribution in [0.5, 0.6) is 0 Å². The average molecular weight is 102 g/mol. The summed E-state index contributed by atoms with van der Waals surface area (Å²) in [5.41, 5.74) is -0.109. The lowest BCUT2D eigenvalue weighted by molar-refractivity contribution is -1.04. The predicted molar refractivity (Wildman–Crippen MR) is 25.5 cm³/mol. The van der Waals surface area contributed by atoms with E-state index in [0.29, 0.717) is 0 Å². The molecule has 7 heavy (non-hydrogen) atoms. The van der Waals surface area contributed by atoms with Gasteiger partial charge in [-0.05, 0) is 20.8 Å². The smallest absolute Gasteiger partial charge is 0.323 e. The van der Waals surface area contributed by atoms with Gasteiger partial charge in [-0.1, -0.05) is 0 Å². The molecule has 2 nitrogen and oxygen atoms in total. The van der Waals surface area contributed by atoms with Crippen LogP contribution in [0.2, 0.25) is 0 Å². The number of aldehydes is 1. The molecule has 0 rings (SSSR count). The number of hydrogen-bond donors (Lipinski definition) is 0. The van der Waals surface area contributed by atoms with Gasteiger partial charge in [-0.3, -0.25) is 0 Å². The third kappa shape index (κ3) is 5.47. The van der Waals surface area contributed by atoms with Crippen LogP contribution in [-0.2, 0) is 4.58 Å². The highest BCUT2D eigenvalue weighted by Crippen LogP contribution is 2.06. The number of hydrogen-bond acceptors (Lipinski definition) is 1. The summed E-state index contributed by atoms with van der Waals surface area (Å²) in [4.78, 5) is 0. The van der Waals surface area contributed by atoms with E-state index in [1.165, 1.54) is 6.29 Å². The Morgan fingerprint density at radius 2 is 1.86 bits per heavy atom. The zero-order chi connectivity index (χ0) is 5.91. The Hall–Kier alpha value is -0.530. The third-order valence-corrected chi connectivity index (χ3v) is 0.402. The monoisotopic (exact) mass is 102 g/mol. The molecule has 0 radical (unpaired) electrons. The van der Waals surface area contributed by atoms with Crippen molar-refractivity contribution in [2.24, 2.45) is 5.41 Å². The van der Waals surface area contributed by atoms with Gasteiger partial charge in [0.2, 0.25) is 0 Å². The van der Waals surface area contributed by atoms with Crippen LogP contribution in [0.25, 0.3) is 0 Å². The van der Waals surface area contributed by atoms with Gasteiger partial charge in [0.1, 0.15) is 0 Å². The van der Waals surface area contributed by atoms with E-state index in [9.17, 15) is 5.26 Å². The molecule has 0 aromatic heterocycles. The van der Waals surface area contributed by atoms with E-state index in [-0.39, 0.29) is 5.41 Å². The van der Waals surface area contributed by atoms with Crippen LogP contribution < -0.4 is 5.26 Å². The first-order chi connectivity index (χ1) is 3.06. The maximum Gasteiger partial charge on any atom is 0.323 e. The fourth-order valence-corrected chi connectivity index (χ4v) is 0.144. The molecule has 0 fully saturated rings. The van der Waals surface area contributed by atoms with E-state index in [1.54, 1.807) is 0 Å². The summed E-state index contributed by atoms with van der Waals surface area (Å²) in [7, 11) is 0. The molecule has 0 amide bonds. The first-order valence-electron chi connectivity index (χ1n) is 2.19. The van der Waals surface area contributed by atoms with E-state index in [2.05, 4.69) is 4.58 Å². The van der Waals surface area contributed by atoms with Crippen LogP contribution >= 0.6 is 0 Å². The van der Waals surface area contributed by atoms with Gasteiger partial charge in [0.25, 0.3) is 0 Å². The second-order valence-corrected chi connectivity index (χ2v) is 2.58. The molecule has 0 aromatic rings. The summed E-state index contributed by atoms with van der Waals surface area (Å²) in [6, 6.07) is 0. The van der Waals surface area contributed by atoms with Crippen molar-refractivity contribution in [2.45, 2.75) is 20.8 Å². The summed E-state index contributed by atoms with van der Waals surface area (Å²) >= 11 is 0. The summed E-state index contributed by atoms with van der Waals surface area (Å²) in [5.74, 6) is 0. The molecule has 0 N–H and O–H groups in total. The molecule has 0 atom stereocenters. The average Bonchev–Trinajstić information content (AvgIpc) is 1.30. The van der Waals surface area contributed by atoms with Crippen LogP contribution in [0, 0.1) is 5.41 Å². The van der Waals surface area contributed by atoms with Crippen LogP contribution in [0.3, 0.4) is 0 Å². The largest absolute Gasteiger partial charge is 0.463 e. The maximum absolute atomic E-state index is 9.39. The highest BCUT2D eigenvalue weighted by atomic mass is 17.1. The van der Waals surface area contributed by atoms with Gasteiger partial charge in [-0.25, -0.2) is 0 Å². The molecule has 2 heteroatoms. The second-order valence-electron chi connectivity index (χ2n) is 2.58. The Kier molecular flexibility index (Phi) is 1.81. The summed E-state index contributed by atoms with van der Waals surface area (Å²) in [6.45, 7) is 5.68. The van der Waals surface area contributed by atoms with Crippen LogP contribution in [0.4, 0.5) is 0 Å². The van der Waals surface area contributed by atoms with Crippen molar-refractivity contribution in [3.8, 4) is 0 Å². The number of rotatable bonds is 0. The van der Waals surface area contributed by atoms with E-state index in [0.717, 1.165) is 0 Å². The highest BCUT2D eigenvalue weighted by Gasteiger charge is 2.12. The maximum atomic E-state index is 9.39. The molecule has 0 saturated carbocycles. The second kappa shape index (κ2) is 1.96. The van der Waals surface area contributed by atoms with Gasteiger partial charge in [0.05, 0.1) is 5.41 Å². The third-order valence-electron chi connectivity index (χ3n) is 0.402. The Morgan fingerprint density at radius 1 is 1.43 bits per heavy atom. The van der Waals surface area contributed by atoms with Crippen molar-refractivity contribution in [2.75, 3.05) is 0 Å². The van der Waals surface area contributed by atoms with E-state index < -0.39 is 0 Å². The van der Waals surface area contributed by atoms with E-state index >= 15 is 0 Å². The van der Waals surface area contributed by atoms with Crippen molar-refractivity contribution in [1.29, 1.82) is 0 Å². The summed E-state index contributed by atoms with van der Waals surface area (Å²) in [6.07, 6.45) is 1.26. The fraction of sp³-hybridized carbons (Fsp3) is 0.800. The highest BCUT2D eigenvalue weighted by molar-refractivity contribution is 5.57. The summed E-state index contributed by atoms with van der Waals surface area (Å²) in [5, 5.41) is 9.39. The lowest BCUT2D eigenvalue weighted by Crippen LogP contribution is -2.11. The molecule has 0 bridgehead atoms. The molecule has 0 heterocycles. The Bertz CT molecular complexity index is 68.6. The topological polar surface area (TPSA) is 34.4 Å². The van der Waals surface area contributed by atoms with Crippen molar-refractivity contribution < 1.29 is 9.83 Å². The Labute approximate surface area is 43.4 Å². The minimum absolute atomic E-state index is 0.109. The molecule has 0 unspecified atom stereocenters. The molecule has 0 aliphatic heterocycles. The minimum atomic E-state index is -0.109. The van der Waals surface area contributed by atoms with E-state index in [4.69, 9.17) is 0 Å². The standard InChI is InChI=1S/C5H10O2/c1-5(2,3)4-7-6/h4H,1-3H3. The molecular weight excluding hydrogens is 92.1 g/mol. The molecule has 0 aliphatic carbocycles. The van der Waals surface area contributed by atoms with Crippen LogP contribution in [0.15, 0.2) is 0 Å². The van der Waals surface area contributed by atoms with Crippen molar-refractivity contribution in [3.63, 3.8) is 0 Å². The zero-order valence-corrected chi connectivity index (χ0v) is 4.89. The lowest BCUT2D eigenvalue weighted by Gasteiger charge is -1.99. The zero-order valence-electron chi connectivity index (χ0n) is 4.89. The Balaban J connectivity index is 3.56. The van der Waals surface area contributed by atoms with Crippen LogP contribution in [-0.4, -0.2) is 6.29 Å². The van der Waals surface area contributed by atoms with Crippen LogP contribution in [0.1, 0.15) is 20.8 Å². The number of carbonyl (C=O) groups excluding carboxylic acids is 1. The van der Waals surface area contributed by atoms with Crippen molar-refractivity contribution in [1.82, 2.24) is 0 Å². The van der Waals surface area contributed by atoms with Gasteiger partial charge < -0.3 is 5.26 Å². The molecule has 0 spiro atoms. The SMILES string of the molecule is CC(C)(C)C=[O+][O-]. The minimum Gasteiger partial charge on any atom is -0.463 e. The van der Waals surface area contributed by atoms with Crippen molar-refractivity contribution in [3.05, 3.63) is 0 Å². The summed E-state index contributed by atoms with van der Waals surface area (Å²) < 4.78 is 3.53. The molecule has 0 aliphatic rings. The normalized spacial score (nSPS) is 13.0. The fourth-order valence-electron chi connectivity index (χ4n) is 0.144. The molecule has 0 aromatic carbocycles. The van der Waals surface area contributed by atoms with Gasteiger partial charge in [0, 0.05) is 0 Å².